The number of nitrogens with one attached hydrogen (secondary N) is 1. The molecule has 2 N–H and O–H groups in total. The van der Waals surface area contributed by atoms with Gasteiger partial charge in [0.05, 0.1) is 6.54 Å². The van der Waals surface area contributed by atoms with E-state index < -0.39 is 0 Å². The minimum Gasteiger partial charge on any atom is -0.396 e. The van der Waals surface area contributed by atoms with Crippen LogP contribution in [0.25, 0.3) is 0 Å². The molecule has 0 saturated heterocycles. The summed E-state index contributed by atoms with van der Waals surface area (Å²) in [6.45, 7) is 4.36. The highest BCUT2D eigenvalue weighted by atomic mass is 16.2. The molecule has 0 saturated carbocycles. The number of aromatic nitrogens is 1. The van der Waals surface area contributed by atoms with E-state index >= 15 is 0 Å². The molecule has 0 bridgehead atoms. The summed E-state index contributed by atoms with van der Waals surface area (Å²) in [6.07, 6.45) is 5.04. The maximum absolute atomic E-state index is 8.89. The van der Waals surface area contributed by atoms with Crippen molar-refractivity contribution in [2.75, 3.05) is 11.9 Å². The highest BCUT2D eigenvalue weighted by Gasteiger charge is 2.01. The van der Waals surface area contributed by atoms with Crippen LogP contribution in [0.3, 0.4) is 0 Å². The molecule has 3 nitrogen and oxygen atoms in total. The van der Waals surface area contributed by atoms with Gasteiger partial charge in [0.15, 0.2) is 0 Å². The Morgan fingerprint density at radius 1 is 1.20 bits per heavy atom. The van der Waals surface area contributed by atoms with Crippen LogP contribution in [0.2, 0.25) is 0 Å². The molecule has 0 radical (unpaired) electrons. The molecule has 2 rings (SSSR count). The molecule has 2 aromatic rings. The number of aliphatic hydroxyl groups excluding tert-OH is 1. The third-order valence-electron chi connectivity index (χ3n) is 3.41. The van der Waals surface area contributed by atoms with Crippen LogP contribution in [0.4, 0.5) is 5.69 Å². The number of aliphatic hydroxyl groups is 1. The van der Waals surface area contributed by atoms with Crippen molar-refractivity contribution in [2.45, 2.75) is 39.3 Å². The highest BCUT2D eigenvalue weighted by molar-refractivity contribution is 5.46. The molecule has 0 unspecified atom stereocenters. The first kappa shape index (κ1) is 14.7. The minimum absolute atomic E-state index is 0.252. The Kier molecular flexibility index (Phi) is 5.69. The Labute approximate surface area is 121 Å². The van der Waals surface area contributed by atoms with Gasteiger partial charge >= 0.3 is 0 Å². The monoisotopic (exact) mass is 272 g/mol. The predicted octanol–water partition coefficient (Wildman–Crippen LogP) is 3.44. The lowest BCUT2D eigenvalue weighted by atomic mass is 10.1. The van der Waals surface area contributed by atoms with Crippen LogP contribution in [0.5, 0.6) is 0 Å². The van der Waals surface area contributed by atoms with Gasteiger partial charge in [-0.05, 0) is 49.1 Å². The number of aryl methyl sites for hydroxylation is 2. The summed E-state index contributed by atoms with van der Waals surface area (Å²) in [5, 5.41) is 12.4. The number of benzene rings is 1. The Bertz CT molecular complexity index is 519. The van der Waals surface area contributed by atoms with Gasteiger partial charge in [0.2, 0.25) is 0 Å². The van der Waals surface area contributed by atoms with E-state index in [-0.39, 0.29) is 6.61 Å². The zero-order chi connectivity index (χ0) is 14.2. The van der Waals surface area contributed by atoms with Crippen molar-refractivity contribution < 1.29 is 5.11 Å². The SMILES string of the molecule is CCCn1cccc1CNc1cccc(CCCO)c1. The van der Waals surface area contributed by atoms with E-state index in [2.05, 4.69) is 59.4 Å². The standard InChI is InChI=1S/C17H24N2O/c1-2-10-19-11-4-9-17(19)14-18-16-8-3-6-15(13-16)7-5-12-20/h3-4,6,8-9,11,13,18,20H,2,5,7,10,12,14H2,1H3. The van der Waals surface area contributed by atoms with Crippen LogP contribution in [0.15, 0.2) is 42.6 Å². The second-order valence-corrected chi connectivity index (χ2v) is 5.07. The van der Waals surface area contributed by atoms with Crippen molar-refractivity contribution in [3.8, 4) is 0 Å². The van der Waals surface area contributed by atoms with Crippen LogP contribution in [-0.2, 0) is 19.5 Å². The van der Waals surface area contributed by atoms with Crippen LogP contribution in [0, 0.1) is 0 Å². The van der Waals surface area contributed by atoms with Gasteiger partial charge in [-0.2, -0.15) is 0 Å². The fourth-order valence-corrected chi connectivity index (χ4v) is 2.38. The van der Waals surface area contributed by atoms with E-state index in [0.29, 0.717) is 0 Å². The normalized spacial score (nSPS) is 10.7. The molecule has 0 aliphatic rings. The molecule has 0 aliphatic carbocycles. The smallest absolute Gasteiger partial charge is 0.0553 e. The second kappa shape index (κ2) is 7.75. The Morgan fingerprint density at radius 3 is 2.90 bits per heavy atom. The fourth-order valence-electron chi connectivity index (χ4n) is 2.38. The van der Waals surface area contributed by atoms with Crippen molar-refractivity contribution in [1.29, 1.82) is 0 Å². The molecule has 0 spiro atoms. The number of hydrogen-bond donors (Lipinski definition) is 2. The Morgan fingerprint density at radius 2 is 2.10 bits per heavy atom. The minimum atomic E-state index is 0.252. The number of anilines is 1. The van der Waals surface area contributed by atoms with Gasteiger partial charge in [0.1, 0.15) is 0 Å². The van der Waals surface area contributed by atoms with Crippen LogP contribution < -0.4 is 5.32 Å². The molecule has 0 aliphatic heterocycles. The summed E-state index contributed by atoms with van der Waals surface area (Å²) in [6, 6.07) is 12.7. The maximum Gasteiger partial charge on any atom is 0.0553 e. The summed E-state index contributed by atoms with van der Waals surface area (Å²) in [4.78, 5) is 0. The van der Waals surface area contributed by atoms with Crippen molar-refractivity contribution in [3.05, 3.63) is 53.9 Å². The van der Waals surface area contributed by atoms with Crippen molar-refractivity contribution in [3.63, 3.8) is 0 Å². The topological polar surface area (TPSA) is 37.2 Å². The quantitative estimate of drug-likeness (QED) is 0.772. The zero-order valence-electron chi connectivity index (χ0n) is 12.2. The number of hydrogen-bond acceptors (Lipinski definition) is 2. The van der Waals surface area contributed by atoms with Crippen molar-refractivity contribution in [2.24, 2.45) is 0 Å². The summed E-state index contributed by atoms with van der Waals surface area (Å²) < 4.78 is 2.29. The lowest BCUT2D eigenvalue weighted by Crippen LogP contribution is -2.07. The average molecular weight is 272 g/mol. The van der Waals surface area contributed by atoms with E-state index in [1.54, 1.807) is 0 Å². The van der Waals surface area contributed by atoms with E-state index in [1.165, 1.54) is 11.3 Å². The largest absolute Gasteiger partial charge is 0.396 e. The summed E-state index contributed by atoms with van der Waals surface area (Å²) >= 11 is 0. The first-order chi connectivity index (χ1) is 9.83. The lowest BCUT2D eigenvalue weighted by molar-refractivity contribution is 0.288. The van der Waals surface area contributed by atoms with Gasteiger partial charge in [0, 0.05) is 30.7 Å². The molecule has 1 aromatic heterocycles. The van der Waals surface area contributed by atoms with Crippen molar-refractivity contribution >= 4 is 5.69 Å². The van der Waals surface area contributed by atoms with E-state index in [9.17, 15) is 0 Å². The summed E-state index contributed by atoms with van der Waals surface area (Å²) in [7, 11) is 0. The molecule has 1 aromatic carbocycles. The molecule has 0 amide bonds. The number of nitrogens with zero attached hydrogens (tertiary/aromatic N) is 1. The molecule has 108 valence electrons. The van der Waals surface area contributed by atoms with E-state index in [4.69, 9.17) is 5.11 Å². The van der Waals surface area contributed by atoms with Gasteiger partial charge in [0.25, 0.3) is 0 Å². The van der Waals surface area contributed by atoms with Gasteiger partial charge in [-0.15, -0.1) is 0 Å². The molecule has 1 heterocycles. The highest BCUT2D eigenvalue weighted by Crippen LogP contribution is 2.14. The Hall–Kier alpha value is -1.74. The molecule has 20 heavy (non-hydrogen) atoms. The lowest BCUT2D eigenvalue weighted by Gasteiger charge is -2.11. The van der Waals surface area contributed by atoms with E-state index in [1.807, 2.05) is 0 Å². The van der Waals surface area contributed by atoms with Gasteiger partial charge < -0.3 is 15.0 Å². The fraction of sp³-hybridized carbons (Fsp3) is 0.412. The Balaban J connectivity index is 1.94. The first-order valence-electron chi connectivity index (χ1n) is 7.41. The molecular formula is C17H24N2O. The van der Waals surface area contributed by atoms with Gasteiger partial charge in [-0.3, -0.25) is 0 Å². The van der Waals surface area contributed by atoms with Gasteiger partial charge in [-0.25, -0.2) is 0 Å². The average Bonchev–Trinajstić information content (AvgIpc) is 2.91. The second-order valence-electron chi connectivity index (χ2n) is 5.07. The van der Waals surface area contributed by atoms with Crippen molar-refractivity contribution in [1.82, 2.24) is 4.57 Å². The number of rotatable bonds is 8. The van der Waals surface area contributed by atoms with Crippen LogP contribution in [0.1, 0.15) is 31.0 Å². The molecule has 3 heteroatoms. The third-order valence-corrected chi connectivity index (χ3v) is 3.41. The zero-order valence-corrected chi connectivity index (χ0v) is 12.2. The molecule has 0 fully saturated rings. The van der Waals surface area contributed by atoms with E-state index in [0.717, 1.165) is 38.0 Å². The van der Waals surface area contributed by atoms with Crippen LogP contribution >= 0.6 is 0 Å². The van der Waals surface area contributed by atoms with Gasteiger partial charge in [-0.1, -0.05) is 19.1 Å². The summed E-state index contributed by atoms with van der Waals surface area (Å²) in [5.41, 5.74) is 3.73. The molecular weight excluding hydrogens is 248 g/mol. The maximum atomic E-state index is 8.89. The van der Waals surface area contributed by atoms with Crippen LogP contribution in [-0.4, -0.2) is 16.3 Å². The molecule has 0 atom stereocenters. The first-order valence-corrected chi connectivity index (χ1v) is 7.41. The predicted molar refractivity (Wildman–Crippen MR) is 83.9 cm³/mol. The third kappa shape index (κ3) is 4.14. The summed E-state index contributed by atoms with van der Waals surface area (Å²) in [5.74, 6) is 0.